The molecule has 134 valence electrons. The Morgan fingerprint density at radius 1 is 1.26 bits per heavy atom. The maximum atomic E-state index is 10.1. The third-order valence-electron chi connectivity index (χ3n) is 2.97. The van der Waals surface area contributed by atoms with E-state index >= 15 is 0 Å². The summed E-state index contributed by atoms with van der Waals surface area (Å²) < 4.78 is 3.95. The second-order valence-electron chi connectivity index (χ2n) is 4.93. The molecule has 23 heavy (non-hydrogen) atoms. The zero-order valence-electron chi connectivity index (χ0n) is 13.2. The number of carbonyl (C=O) groups is 3. The highest BCUT2D eigenvalue weighted by atomic mass is 16.6. The molecule has 0 aromatic heterocycles. The molecule has 1 rings (SSSR count). The number of hydrogen-bond acceptors (Lipinski definition) is 8. The molecule has 0 aromatic carbocycles. The predicted molar refractivity (Wildman–Crippen MR) is 78.2 cm³/mol. The van der Waals surface area contributed by atoms with Gasteiger partial charge >= 0.3 is 17.9 Å². The van der Waals surface area contributed by atoms with Crippen molar-refractivity contribution in [2.75, 3.05) is 19.8 Å². The number of ether oxygens (including phenoxy) is 1. The Bertz CT molecular complexity index is 383. The lowest BCUT2D eigenvalue weighted by Gasteiger charge is -2.24. The van der Waals surface area contributed by atoms with Crippen molar-refractivity contribution in [1.82, 2.24) is 0 Å². The summed E-state index contributed by atoms with van der Waals surface area (Å²) in [6.07, 6.45) is -0.822. The van der Waals surface area contributed by atoms with Crippen LogP contribution in [0.15, 0.2) is 12.2 Å². The number of carboxylic acids is 1. The quantitative estimate of drug-likeness (QED) is 0.236. The monoisotopic (exact) mass is 336 g/mol. The first-order chi connectivity index (χ1) is 10.6. The largest absolute Gasteiger partial charge is 0.478 e. The molecule has 9 nitrogen and oxygen atoms in total. The molecular weight excluding hydrogens is 312 g/mol. The van der Waals surface area contributed by atoms with Crippen molar-refractivity contribution < 1.29 is 44.7 Å². The molecule has 0 aliphatic carbocycles. The molecule has 1 fully saturated rings. The predicted octanol–water partition coefficient (Wildman–Crippen LogP) is -1.17. The Balaban J connectivity index is 0. The van der Waals surface area contributed by atoms with Gasteiger partial charge in [0.15, 0.2) is 6.10 Å². The molecule has 9 heteroatoms. The fraction of sp³-hybridized carbons (Fsp3) is 0.643. The van der Waals surface area contributed by atoms with Crippen LogP contribution in [0.4, 0.5) is 0 Å². The standard InChI is InChI=1S/C6H14O3.C4H4O4.C4H6O2/c1-2-6(3-7,4-8)5-9;5-2-1-3(6)8-4(2)7;1-3(2)4(5)6/h7-9H,2-5H2,1H3;2,5H,1H2;1H2,2H3,(H,5,6). The number of carbonyl (C=O) groups excluding carboxylic acids is 2. The minimum atomic E-state index is -1.22. The van der Waals surface area contributed by atoms with Gasteiger partial charge in [-0.2, -0.15) is 0 Å². The molecule has 0 radical (unpaired) electrons. The third-order valence-corrected chi connectivity index (χ3v) is 2.97. The van der Waals surface area contributed by atoms with Crippen molar-refractivity contribution in [2.24, 2.45) is 5.41 Å². The second-order valence-corrected chi connectivity index (χ2v) is 4.93. The highest BCUT2D eigenvalue weighted by Gasteiger charge is 2.30. The van der Waals surface area contributed by atoms with Gasteiger partial charge in [0, 0.05) is 11.0 Å². The molecule has 5 N–H and O–H groups in total. The van der Waals surface area contributed by atoms with Gasteiger partial charge in [-0.3, -0.25) is 4.79 Å². The Labute approximate surface area is 133 Å². The molecule has 1 atom stereocenters. The van der Waals surface area contributed by atoms with Gasteiger partial charge in [-0.1, -0.05) is 13.5 Å². The van der Waals surface area contributed by atoms with Crippen molar-refractivity contribution >= 4 is 17.9 Å². The molecule has 0 amide bonds. The van der Waals surface area contributed by atoms with Crippen LogP contribution < -0.4 is 0 Å². The van der Waals surface area contributed by atoms with E-state index in [1.807, 2.05) is 6.92 Å². The number of aliphatic hydroxyl groups excluding tert-OH is 4. The van der Waals surface area contributed by atoms with Gasteiger partial charge in [-0.25, -0.2) is 9.59 Å². The molecule has 1 saturated heterocycles. The van der Waals surface area contributed by atoms with Crippen molar-refractivity contribution in [3.05, 3.63) is 12.2 Å². The molecule has 0 bridgehead atoms. The number of hydrogen-bond donors (Lipinski definition) is 5. The first-order valence-electron chi connectivity index (χ1n) is 6.73. The summed E-state index contributed by atoms with van der Waals surface area (Å²) in [6.45, 7) is 5.96. The summed E-state index contributed by atoms with van der Waals surface area (Å²) in [4.78, 5) is 29.8. The average Bonchev–Trinajstić information content (AvgIpc) is 2.79. The van der Waals surface area contributed by atoms with Crippen molar-refractivity contribution in [3.63, 3.8) is 0 Å². The van der Waals surface area contributed by atoms with Crippen LogP contribution in [0.25, 0.3) is 0 Å². The first kappa shape index (κ1) is 23.5. The van der Waals surface area contributed by atoms with Crippen molar-refractivity contribution in [1.29, 1.82) is 0 Å². The van der Waals surface area contributed by atoms with E-state index in [1.54, 1.807) is 0 Å². The molecule has 0 saturated carbocycles. The van der Waals surface area contributed by atoms with E-state index in [4.69, 9.17) is 25.5 Å². The normalized spacial score (nSPS) is 16.5. The van der Waals surface area contributed by atoms with Crippen molar-refractivity contribution in [2.45, 2.75) is 32.8 Å². The van der Waals surface area contributed by atoms with Gasteiger partial charge in [0.05, 0.1) is 26.2 Å². The van der Waals surface area contributed by atoms with Gasteiger partial charge in [-0.15, -0.1) is 0 Å². The number of carboxylic acid groups (broad SMARTS) is 1. The average molecular weight is 336 g/mol. The van der Waals surface area contributed by atoms with Gasteiger partial charge in [0.1, 0.15) is 0 Å². The topological polar surface area (TPSA) is 162 Å². The number of aliphatic hydroxyl groups is 4. The van der Waals surface area contributed by atoms with E-state index in [0.29, 0.717) is 6.42 Å². The van der Waals surface area contributed by atoms with Crippen LogP contribution >= 0.6 is 0 Å². The van der Waals surface area contributed by atoms with Crippen LogP contribution in [0.1, 0.15) is 26.7 Å². The molecule has 0 aromatic rings. The minimum Gasteiger partial charge on any atom is -0.478 e. The zero-order chi connectivity index (χ0) is 18.6. The summed E-state index contributed by atoms with van der Waals surface area (Å²) >= 11 is 0. The molecular formula is C14H24O9. The maximum absolute atomic E-state index is 10.1. The van der Waals surface area contributed by atoms with E-state index in [-0.39, 0.29) is 31.8 Å². The van der Waals surface area contributed by atoms with Crippen molar-refractivity contribution in [3.8, 4) is 0 Å². The maximum Gasteiger partial charge on any atom is 0.343 e. The molecule has 1 unspecified atom stereocenters. The van der Waals surface area contributed by atoms with Crippen LogP contribution in [0.3, 0.4) is 0 Å². The molecule has 0 spiro atoms. The number of rotatable bonds is 5. The zero-order valence-corrected chi connectivity index (χ0v) is 13.2. The smallest absolute Gasteiger partial charge is 0.343 e. The SMILES string of the molecule is C=C(C)C(=O)O.CCC(CO)(CO)CO.O=C1CC(O)C(=O)O1. The number of aliphatic carboxylic acids is 1. The van der Waals surface area contributed by atoms with Gasteiger partial charge in [0.25, 0.3) is 0 Å². The van der Waals surface area contributed by atoms with Crippen LogP contribution in [0, 0.1) is 5.41 Å². The highest BCUT2D eigenvalue weighted by Crippen LogP contribution is 2.18. The lowest BCUT2D eigenvalue weighted by molar-refractivity contribution is -0.154. The van der Waals surface area contributed by atoms with E-state index < -0.39 is 29.4 Å². The second kappa shape index (κ2) is 11.7. The highest BCUT2D eigenvalue weighted by molar-refractivity contribution is 5.95. The summed E-state index contributed by atoms with van der Waals surface area (Å²) in [5, 5.41) is 42.3. The Hall–Kier alpha value is -1.81. The Kier molecular flexibility index (Phi) is 11.9. The van der Waals surface area contributed by atoms with Crippen LogP contribution in [-0.2, 0) is 19.1 Å². The molecule has 1 aliphatic rings. The van der Waals surface area contributed by atoms with E-state index in [1.165, 1.54) is 6.92 Å². The van der Waals surface area contributed by atoms with Gasteiger partial charge < -0.3 is 30.3 Å². The summed E-state index contributed by atoms with van der Waals surface area (Å²) in [5.74, 6) is -2.42. The van der Waals surface area contributed by atoms with Crippen LogP contribution in [0.2, 0.25) is 0 Å². The minimum absolute atomic E-state index is 0.156. The molecule has 1 aliphatic heterocycles. The first-order valence-corrected chi connectivity index (χ1v) is 6.73. The van der Waals surface area contributed by atoms with Crippen LogP contribution in [0.5, 0.6) is 0 Å². The molecule has 1 heterocycles. The number of esters is 2. The lowest BCUT2D eigenvalue weighted by atomic mass is 9.88. The van der Waals surface area contributed by atoms with E-state index in [2.05, 4.69) is 11.3 Å². The Morgan fingerprint density at radius 3 is 1.70 bits per heavy atom. The van der Waals surface area contributed by atoms with Gasteiger partial charge in [-0.05, 0) is 13.3 Å². The lowest BCUT2D eigenvalue weighted by Crippen LogP contribution is -2.32. The number of cyclic esters (lactones) is 2. The van der Waals surface area contributed by atoms with Crippen LogP contribution in [-0.4, -0.2) is 69.4 Å². The fourth-order valence-electron chi connectivity index (χ4n) is 0.948. The third kappa shape index (κ3) is 9.74. The summed E-state index contributed by atoms with van der Waals surface area (Å²) in [5.41, 5.74) is -0.491. The summed E-state index contributed by atoms with van der Waals surface area (Å²) in [7, 11) is 0. The van der Waals surface area contributed by atoms with E-state index in [9.17, 15) is 14.4 Å². The van der Waals surface area contributed by atoms with E-state index in [0.717, 1.165) is 0 Å². The Morgan fingerprint density at radius 2 is 1.65 bits per heavy atom. The fourth-order valence-corrected chi connectivity index (χ4v) is 0.948. The summed E-state index contributed by atoms with van der Waals surface area (Å²) in [6, 6.07) is 0. The van der Waals surface area contributed by atoms with Gasteiger partial charge in [0.2, 0.25) is 0 Å².